The van der Waals surface area contributed by atoms with Gasteiger partial charge in [-0.3, -0.25) is 0 Å². The van der Waals surface area contributed by atoms with Gasteiger partial charge < -0.3 is 5.11 Å². The highest BCUT2D eigenvalue weighted by Gasteiger charge is 2.28. The van der Waals surface area contributed by atoms with Gasteiger partial charge in [0, 0.05) is 12.0 Å². The lowest BCUT2D eigenvalue weighted by molar-refractivity contribution is 0.0687. The van der Waals surface area contributed by atoms with Gasteiger partial charge in [-0.2, -0.15) is 0 Å². The number of hydrogen-bond donors (Lipinski definition) is 1. The summed E-state index contributed by atoms with van der Waals surface area (Å²) in [6, 6.07) is 0. The molecule has 0 unspecified atom stereocenters. The Hall–Kier alpha value is -1.39. The third-order valence-corrected chi connectivity index (χ3v) is 1.95. The Bertz CT molecular complexity index is 349. The van der Waals surface area contributed by atoms with E-state index in [4.69, 9.17) is 5.11 Å². The highest BCUT2D eigenvalue weighted by Crippen LogP contribution is 2.24. The molecule has 5 heteroatoms. The Morgan fingerprint density at radius 2 is 2.07 bits per heavy atom. The van der Waals surface area contributed by atoms with Crippen LogP contribution in [0.5, 0.6) is 0 Å². The third-order valence-electron chi connectivity index (χ3n) is 1.95. The standard InChI is InChI=1S/C9H15N3O2/c1-5-12-7(9(2,3)4)6(8(13)14)10-11-12/h5H2,1-4H3,(H,13,14). The minimum Gasteiger partial charge on any atom is -0.476 e. The maximum atomic E-state index is 10.9. The molecule has 1 N–H and O–H groups in total. The van der Waals surface area contributed by atoms with Crippen molar-refractivity contribution in [1.29, 1.82) is 0 Å². The van der Waals surface area contributed by atoms with Crippen LogP contribution in [0, 0.1) is 0 Å². The van der Waals surface area contributed by atoms with Crippen LogP contribution in [-0.4, -0.2) is 26.1 Å². The average molecular weight is 197 g/mol. The first-order chi connectivity index (χ1) is 6.38. The lowest BCUT2D eigenvalue weighted by Gasteiger charge is -2.19. The van der Waals surface area contributed by atoms with Crippen molar-refractivity contribution in [1.82, 2.24) is 15.0 Å². The van der Waals surface area contributed by atoms with Crippen LogP contribution >= 0.6 is 0 Å². The molecule has 0 spiro atoms. The first kappa shape index (κ1) is 10.7. The Labute approximate surface area is 82.7 Å². The first-order valence-corrected chi connectivity index (χ1v) is 4.55. The fourth-order valence-electron chi connectivity index (χ4n) is 1.42. The van der Waals surface area contributed by atoms with Crippen molar-refractivity contribution in [2.75, 3.05) is 0 Å². The minimum absolute atomic E-state index is 0.0550. The molecule has 78 valence electrons. The number of nitrogens with zero attached hydrogens (tertiary/aromatic N) is 3. The number of aromatic nitrogens is 3. The molecule has 0 aliphatic rings. The smallest absolute Gasteiger partial charge is 0.358 e. The summed E-state index contributed by atoms with van der Waals surface area (Å²) in [7, 11) is 0. The van der Waals surface area contributed by atoms with Gasteiger partial charge in [0.1, 0.15) is 0 Å². The third kappa shape index (κ3) is 1.76. The molecule has 1 heterocycles. The van der Waals surface area contributed by atoms with Crippen LogP contribution < -0.4 is 0 Å². The van der Waals surface area contributed by atoms with E-state index in [1.54, 1.807) is 4.68 Å². The zero-order valence-electron chi connectivity index (χ0n) is 8.90. The second-order valence-electron chi connectivity index (χ2n) is 4.16. The van der Waals surface area contributed by atoms with Crippen molar-refractivity contribution in [3.05, 3.63) is 11.4 Å². The van der Waals surface area contributed by atoms with Crippen molar-refractivity contribution >= 4 is 5.97 Å². The van der Waals surface area contributed by atoms with Crippen LogP contribution in [0.1, 0.15) is 43.9 Å². The van der Waals surface area contributed by atoms with Crippen LogP contribution in [-0.2, 0) is 12.0 Å². The molecule has 0 bridgehead atoms. The minimum atomic E-state index is -1.02. The quantitative estimate of drug-likeness (QED) is 0.775. The lowest BCUT2D eigenvalue weighted by atomic mass is 9.90. The number of rotatable bonds is 2. The first-order valence-electron chi connectivity index (χ1n) is 4.55. The maximum Gasteiger partial charge on any atom is 0.358 e. The van der Waals surface area contributed by atoms with Crippen molar-refractivity contribution < 1.29 is 9.90 Å². The van der Waals surface area contributed by atoms with Crippen molar-refractivity contribution in [3.8, 4) is 0 Å². The molecule has 0 aliphatic carbocycles. The molecule has 5 nitrogen and oxygen atoms in total. The molecule has 1 aromatic rings. The molecule has 14 heavy (non-hydrogen) atoms. The van der Waals surface area contributed by atoms with E-state index in [-0.39, 0.29) is 11.1 Å². The molecular formula is C9H15N3O2. The molecule has 1 rings (SSSR count). The summed E-state index contributed by atoms with van der Waals surface area (Å²) in [5.74, 6) is -1.02. The van der Waals surface area contributed by atoms with E-state index in [1.165, 1.54) is 0 Å². The van der Waals surface area contributed by atoms with Gasteiger partial charge in [-0.1, -0.05) is 26.0 Å². The van der Waals surface area contributed by atoms with E-state index >= 15 is 0 Å². The highest BCUT2D eigenvalue weighted by atomic mass is 16.4. The van der Waals surface area contributed by atoms with Crippen molar-refractivity contribution in [3.63, 3.8) is 0 Å². The van der Waals surface area contributed by atoms with E-state index in [9.17, 15) is 4.79 Å². The lowest BCUT2D eigenvalue weighted by Crippen LogP contribution is -2.21. The van der Waals surface area contributed by atoms with Gasteiger partial charge in [0.2, 0.25) is 0 Å². The molecule has 0 aliphatic heterocycles. The zero-order chi connectivity index (χ0) is 10.9. The van der Waals surface area contributed by atoms with E-state index in [0.717, 1.165) is 0 Å². The SMILES string of the molecule is CCn1nnc(C(=O)O)c1C(C)(C)C. The van der Waals surface area contributed by atoms with E-state index in [2.05, 4.69) is 10.3 Å². The van der Waals surface area contributed by atoms with Crippen molar-refractivity contribution in [2.24, 2.45) is 0 Å². The second-order valence-corrected chi connectivity index (χ2v) is 4.16. The van der Waals surface area contributed by atoms with Gasteiger partial charge >= 0.3 is 5.97 Å². The van der Waals surface area contributed by atoms with Crippen LogP contribution in [0.25, 0.3) is 0 Å². The second kappa shape index (κ2) is 3.40. The molecule has 0 aromatic carbocycles. The van der Waals surface area contributed by atoms with E-state index < -0.39 is 5.97 Å². The summed E-state index contributed by atoms with van der Waals surface area (Å²) in [4.78, 5) is 10.9. The molecule has 0 saturated carbocycles. The number of aryl methyl sites for hydroxylation is 1. The summed E-state index contributed by atoms with van der Waals surface area (Å²) < 4.78 is 1.63. The molecule has 0 atom stereocenters. The molecule has 0 radical (unpaired) electrons. The molecule has 0 saturated heterocycles. The van der Waals surface area contributed by atoms with Crippen molar-refractivity contribution in [2.45, 2.75) is 39.7 Å². The average Bonchev–Trinajstić information content (AvgIpc) is 2.45. The number of hydrogen-bond acceptors (Lipinski definition) is 3. The van der Waals surface area contributed by atoms with Gasteiger partial charge in [-0.25, -0.2) is 9.48 Å². The summed E-state index contributed by atoms with van der Waals surface area (Å²) >= 11 is 0. The van der Waals surface area contributed by atoms with Gasteiger partial charge in [0.15, 0.2) is 5.69 Å². The molecular weight excluding hydrogens is 182 g/mol. The fourth-order valence-corrected chi connectivity index (χ4v) is 1.42. The topological polar surface area (TPSA) is 68.0 Å². The van der Waals surface area contributed by atoms with Crippen LogP contribution in [0.2, 0.25) is 0 Å². The summed E-state index contributed by atoms with van der Waals surface area (Å²) in [5.41, 5.74) is 0.472. The fraction of sp³-hybridized carbons (Fsp3) is 0.667. The predicted molar refractivity (Wildman–Crippen MR) is 51.4 cm³/mol. The number of carboxylic acid groups (broad SMARTS) is 1. The van der Waals surface area contributed by atoms with Gasteiger partial charge in [0.25, 0.3) is 0 Å². The highest BCUT2D eigenvalue weighted by molar-refractivity contribution is 5.86. The normalized spacial score (nSPS) is 11.7. The zero-order valence-corrected chi connectivity index (χ0v) is 8.90. The summed E-state index contributed by atoms with van der Waals surface area (Å²) in [5, 5.41) is 16.4. The number of carbonyl (C=O) groups is 1. The van der Waals surface area contributed by atoms with Gasteiger partial charge in [0.05, 0.1) is 5.69 Å². The van der Waals surface area contributed by atoms with Crippen LogP contribution in [0.3, 0.4) is 0 Å². The molecule has 0 fully saturated rings. The number of aromatic carboxylic acids is 1. The Morgan fingerprint density at radius 3 is 2.43 bits per heavy atom. The molecule has 0 amide bonds. The van der Waals surface area contributed by atoms with Crippen LogP contribution in [0.4, 0.5) is 0 Å². The predicted octanol–water partition coefficient (Wildman–Crippen LogP) is 1.29. The summed E-state index contributed by atoms with van der Waals surface area (Å²) in [6.45, 7) is 8.39. The molecule has 1 aromatic heterocycles. The van der Waals surface area contributed by atoms with Gasteiger partial charge in [-0.05, 0) is 6.92 Å². The van der Waals surface area contributed by atoms with E-state index in [0.29, 0.717) is 12.2 Å². The Kier molecular flexibility index (Phi) is 2.59. The van der Waals surface area contributed by atoms with Crippen LogP contribution in [0.15, 0.2) is 0 Å². The Morgan fingerprint density at radius 1 is 1.50 bits per heavy atom. The Balaban J connectivity index is 3.34. The largest absolute Gasteiger partial charge is 0.476 e. The maximum absolute atomic E-state index is 10.9. The van der Waals surface area contributed by atoms with Gasteiger partial charge in [-0.15, -0.1) is 5.10 Å². The summed E-state index contributed by atoms with van der Waals surface area (Å²) in [6.07, 6.45) is 0. The van der Waals surface area contributed by atoms with E-state index in [1.807, 2.05) is 27.7 Å². The monoisotopic (exact) mass is 197 g/mol. The number of carboxylic acids is 1.